The lowest BCUT2D eigenvalue weighted by Crippen LogP contribution is -2.41. The van der Waals surface area contributed by atoms with Gasteiger partial charge in [0, 0.05) is 76.8 Å². The maximum absolute atomic E-state index is 13.1. The molecule has 0 unspecified atom stereocenters. The summed E-state index contributed by atoms with van der Waals surface area (Å²) < 4.78 is 25.4. The van der Waals surface area contributed by atoms with Crippen LogP contribution in [0, 0.1) is 0 Å². The van der Waals surface area contributed by atoms with E-state index in [1.807, 2.05) is 60.8 Å². The van der Waals surface area contributed by atoms with Crippen LogP contribution in [0.5, 0.6) is 0 Å². The first kappa shape index (κ1) is 46.4. The number of pyridine rings is 1. The van der Waals surface area contributed by atoms with E-state index in [0.29, 0.717) is 39.8 Å². The lowest BCUT2D eigenvalue weighted by Gasteiger charge is -2.35. The molecule has 324 valence electrons. The van der Waals surface area contributed by atoms with Crippen molar-refractivity contribution in [3.63, 3.8) is 0 Å². The Kier molecular flexibility index (Phi) is 16.7. The molecule has 0 N–H and O–H groups in total. The Morgan fingerprint density at radius 1 is 0.864 bits per heavy atom. The summed E-state index contributed by atoms with van der Waals surface area (Å²) in [5.41, 5.74) is 6.46. The van der Waals surface area contributed by atoms with E-state index in [4.69, 9.17) is 29.3 Å². The molecular formula is C46H72N6O5Si2. The Morgan fingerprint density at radius 3 is 2.02 bits per heavy atom. The number of epoxide rings is 1. The van der Waals surface area contributed by atoms with Crippen LogP contribution in [0.25, 0.3) is 28.0 Å². The summed E-state index contributed by atoms with van der Waals surface area (Å²) in [6.07, 6.45) is 9.39. The van der Waals surface area contributed by atoms with Crippen molar-refractivity contribution in [2.45, 2.75) is 129 Å². The highest BCUT2D eigenvalue weighted by Gasteiger charge is 2.32. The largest absolute Gasteiger partial charge is 0.444 e. The van der Waals surface area contributed by atoms with Crippen molar-refractivity contribution >= 4 is 33.7 Å². The van der Waals surface area contributed by atoms with Crippen molar-refractivity contribution in [1.82, 2.24) is 24.5 Å². The number of unbranched alkanes of at least 4 members (excludes halogenated alkanes) is 2. The fraction of sp³-hybridized carbons (Fsp3) is 0.609. The summed E-state index contributed by atoms with van der Waals surface area (Å²) in [6, 6.07) is 16.6. The van der Waals surface area contributed by atoms with Gasteiger partial charge in [0.1, 0.15) is 24.9 Å². The summed E-state index contributed by atoms with van der Waals surface area (Å²) in [7, 11) is -2.59. The smallest absolute Gasteiger partial charge is 0.410 e. The number of nitrogens with zero attached hydrogens (tertiary/aromatic N) is 6. The van der Waals surface area contributed by atoms with Gasteiger partial charge in [-0.05, 0) is 64.6 Å². The Labute approximate surface area is 356 Å². The Balaban J connectivity index is 0.00000211. The molecule has 2 saturated heterocycles. The molecule has 0 atom stereocenters. The summed E-state index contributed by atoms with van der Waals surface area (Å²) in [4.78, 5) is 27.7. The number of ether oxygens (including phenoxy) is 4. The second-order valence-corrected chi connectivity index (χ2v) is 30.7. The molecule has 5 heterocycles. The van der Waals surface area contributed by atoms with Crippen LogP contribution in [-0.2, 0) is 25.4 Å². The van der Waals surface area contributed by atoms with E-state index >= 15 is 0 Å². The fourth-order valence-corrected chi connectivity index (χ4v) is 8.46. The fourth-order valence-electron chi connectivity index (χ4n) is 6.95. The van der Waals surface area contributed by atoms with E-state index in [1.165, 1.54) is 5.56 Å². The molecule has 13 heteroatoms. The average Bonchev–Trinajstić information content (AvgIpc) is 4.02. The van der Waals surface area contributed by atoms with Crippen molar-refractivity contribution in [1.29, 1.82) is 0 Å². The number of anilines is 1. The van der Waals surface area contributed by atoms with Crippen LogP contribution in [0.4, 0.5) is 10.6 Å². The SMILES string of the molecule is C1CO1.CCCCCc1c(C2CCN(C(=O)OC(C)(C)C)CC2)nc2c(-c3ccc(-c4ccccc4)nc3)cnn2c1N(COCC[Si](C)(C)C)COCC[Si](C)(C)C. The number of hydrogen-bond donors (Lipinski definition) is 0. The number of likely N-dealkylation sites (tertiary alicyclic amines) is 1. The third-order valence-corrected chi connectivity index (χ3v) is 13.9. The van der Waals surface area contributed by atoms with Crippen molar-refractivity contribution in [2.75, 3.05) is 57.9 Å². The number of carbonyl (C=O) groups excluding carboxylic acids is 1. The number of fused-ring (bicyclic) bond motifs is 1. The summed E-state index contributed by atoms with van der Waals surface area (Å²) in [5.74, 6) is 1.16. The van der Waals surface area contributed by atoms with Crippen molar-refractivity contribution < 1.29 is 23.7 Å². The second-order valence-electron chi connectivity index (χ2n) is 19.4. The van der Waals surface area contributed by atoms with Gasteiger partial charge < -0.3 is 28.7 Å². The quantitative estimate of drug-likeness (QED) is 0.0419. The molecule has 0 radical (unpaired) electrons. The number of piperidine rings is 1. The summed E-state index contributed by atoms with van der Waals surface area (Å²) in [6.45, 7) is 27.8. The lowest BCUT2D eigenvalue weighted by molar-refractivity contribution is 0.0203. The van der Waals surface area contributed by atoms with Crippen LogP contribution in [0.2, 0.25) is 51.4 Å². The first-order valence-corrected chi connectivity index (χ1v) is 29.3. The highest BCUT2D eigenvalue weighted by molar-refractivity contribution is 6.76. The molecule has 0 bridgehead atoms. The van der Waals surface area contributed by atoms with E-state index < -0.39 is 21.7 Å². The number of amides is 1. The monoisotopic (exact) mass is 845 g/mol. The van der Waals surface area contributed by atoms with E-state index in [-0.39, 0.29) is 12.0 Å². The van der Waals surface area contributed by atoms with Gasteiger partial charge in [0.2, 0.25) is 0 Å². The summed E-state index contributed by atoms with van der Waals surface area (Å²) >= 11 is 0. The zero-order valence-electron chi connectivity index (χ0n) is 37.8. The standard InChI is InChI=1S/C44H68N6O4Si2.C2H4O/c1-11-12-14-19-37-40(35-22-24-48(25-23-35)43(51)54-44(2,3)4)47-41-38(36-20-21-39(45-30-36)34-17-15-13-16-18-34)31-46-50(41)42(37)49(32-52-26-28-55(5,6)7)33-53-27-29-56(8,9)10;1-2-3-1/h13,15-18,20-21,30-31,35H,11-12,14,19,22-29,32-33H2,1-10H3;1-2H2. The Hall–Kier alpha value is -3.63. The Bertz CT molecular complexity index is 1870. The van der Waals surface area contributed by atoms with Gasteiger partial charge in [-0.3, -0.25) is 4.98 Å². The third-order valence-electron chi connectivity index (χ3n) is 10.4. The van der Waals surface area contributed by atoms with Crippen molar-refractivity contribution in [3.05, 3.63) is 66.1 Å². The maximum atomic E-state index is 13.1. The molecular weight excluding hydrogens is 773 g/mol. The van der Waals surface area contributed by atoms with Gasteiger partial charge in [-0.15, -0.1) is 0 Å². The lowest BCUT2D eigenvalue weighted by atomic mass is 9.88. The minimum Gasteiger partial charge on any atom is -0.444 e. The molecule has 4 aromatic rings. The minimum atomic E-state index is -1.30. The number of benzene rings is 1. The van der Waals surface area contributed by atoms with Gasteiger partial charge in [0.25, 0.3) is 0 Å². The van der Waals surface area contributed by atoms with Gasteiger partial charge in [0.15, 0.2) is 5.65 Å². The molecule has 2 aliphatic heterocycles. The number of aromatic nitrogens is 4. The molecule has 1 amide bonds. The number of carbonyl (C=O) groups is 1. The zero-order valence-corrected chi connectivity index (χ0v) is 39.8. The van der Waals surface area contributed by atoms with Crippen LogP contribution in [0.3, 0.4) is 0 Å². The van der Waals surface area contributed by atoms with E-state index in [2.05, 4.69) is 80.1 Å². The van der Waals surface area contributed by atoms with Crippen LogP contribution >= 0.6 is 0 Å². The van der Waals surface area contributed by atoms with Crippen LogP contribution in [0.15, 0.2) is 54.9 Å². The molecule has 6 rings (SSSR count). The second kappa shape index (κ2) is 21.3. The molecule has 0 saturated carbocycles. The van der Waals surface area contributed by atoms with Gasteiger partial charge in [-0.25, -0.2) is 9.78 Å². The zero-order chi connectivity index (χ0) is 42.6. The Morgan fingerprint density at radius 2 is 1.49 bits per heavy atom. The number of rotatable bonds is 18. The predicted octanol–water partition coefficient (Wildman–Crippen LogP) is 10.8. The van der Waals surface area contributed by atoms with Crippen LogP contribution in [-0.4, -0.2) is 105 Å². The molecule has 59 heavy (non-hydrogen) atoms. The molecule has 0 spiro atoms. The van der Waals surface area contributed by atoms with Gasteiger partial charge in [-0.1, -0.05) is 95.4 Å². The number of hydrogen-bond acceptors (Lipinski definition) is 9. The van der Waals surface area contributed by atoms with Crippen molar-refractivity contribution in [3.8, 4) is 22.4 Å². The highest BCUT2D eigenvalue weighted by Crippen LogP contribution is 2.38. The molecule has 2 fully saturated rings. The highest BCUT2D eigenvalue weighted by atomic mass is 28.3. The van der Waals surface area contributed by atoms with Crippen molar-refractivity contribution in [2.24, 2.45) is 0 Å². The van der Waals surface area contributed by atoms with E-state index in [1.54, 1.807) is 0 Å². The first-order valence-electron chi connectivity index (χ1n) is 21.9. The molecule has 0 aliphatic carbocycles. The molecule has 11 nitrogen and oxygen atoms in total. The van der Waals surface area contributed by atoms with Crippen LogP contribution < -0.4 is 4.90 Å². The first-order chi connectivity index (χ1) is 28.0. The third kappa shape index (κ3) is 14.8. The van der Waals surface area contributed by atoms with E-state index in [0.717, 1.165) is 103 Å². The summed E-state index contributed by atoms with van der Waals surface area (Å²) in [5, 5.41) is 5.09. The molecule has 1 aromatic carbocycles. The van der Waals surface area contributed by atoms with Gasteiger partial charge in [-0.2, -0.15) is 9.61 Å². The van der Waals surface area contributed by atoms with E-state index in [9.17, 15) is 4.79 Å². The predicted molar refractivity (Wildman–Crippen MR) is 246 cm³/mol. The van der Waals surface area contributed by atoms with Crippen LogP contribution in [0.1, 0.15) is 77.0 Å². The molecule has 3 aromatic heterocycles. The normalized spacial score (nSPS) is 14.9. The topological polar surface area (TPSA) is 107 Å². The molecule has 2 aliphatic rings. The average molecular weight is 845 g/mol. The maximum Gasteiger partial charge on any atom is 0.410 e. The van der Waals surface area contributed by atoms with Gasteiger partial charge >= 0.3 is 6.09 Å². The minimum absolute atomic E-state index is 0.165. The van der Waals surface area contributed by atoms with Gasteiger partial charge in [0.05, 0.1) is 30.8 Å².